The first-order valence-corrected chi connectivity index (χ1v) is 6.04. The third-order valence-electron chi connectivity index (χ3n) is 2.79. The zero-order chi connectivity index (χ0) is 12.7. The van der Waals surface area contributed by atoms with Crippen molar-refractivity contribution in [3.63, 3.8) is 0 Å². The molecule has 0 spiro atoms. The number of ether oxygens (including phenoxy) is 1. The Bertz CT molecular complexity index is 396. The van der Waals surface area contributed by atoms with Gasteiger partial charge in [-0.2, -0.15) is 5.26 Å². The van der Waals surface area contributed by atoms with Crippen molar-refractivity contribution in [2.24, 2.45) is 0 Å². The second-order valence-corrected chi connectivity index (χ2v) is 4.01. The van der Waals surface area contributed by atoms with Crippen LogP contribution in [0.25, 0.3) is 0 Å². The fourth-order valence-electron chi connectivity index (χ4n) is 1.88. The number of nitriles is 1. The highest BCUT2D eigenvalue weighted by Crippen LogP contribution is 2.21. The zero-order valence-corrected chi connectivity index (χ0v) is 10.9. The lowest BCUT2D eigenvalue weighted by Gasteiger charge is -2.21. The molecule has 0 radical (unpaired) electrons. The van der Waals surface area contributed by atoms with Gasteiger partial charge in [0, 0.05) is 12.1 Å². The van der Waals surface area contributed by atoms with Gasteiger partial charge in [0.05, 0.1) is 18.7 Å². The Morgan fingerprint density at radius 1 is 1.35 bits per heavy atom. The second-order valence-electron chi connectivity index (χ2n) is 4.01. The van der Waals surface area contributed by atoms with E-state index in [0.717, 1.165) is 37.4 Å². The van der Waals surface area contributed by atoms with E-state index in [-0.39, 0.29) is 0 Å². The summed E-state index contributed by atoms with van der Waals surface area (Å²) in [5, 5.41) is 8.92. The lowest BCUT2D eigenvalue weighted by Crippen LogP contribution is -2.23. The van der Waals surface area contributed by atoms with Crippen molar-refractivity contribution in [2.45, 2.75) is 26.8 Å². The molecule has 0 bridgehead atoms. The van der Waals surface area contributed by atoms with E-state index in [2.05, 4.69) is 24.8 Å². The smallest absolute Gasteiger partial charge is 0.123 e. The molecule has 0 atom stereocenters. The number of nitrogens with zero attached hydrogens (tertiary/aromatic N) is 2. The van der Waals surface area contributed by atoms with Crippen LogP contribution in [0, 0.1) is 11.3 Å². The van der Waals surface area contributed by atoms with E-state index in [1.54, 1.807) is 13.2 Å². The van der Waals surface area contributed by atoms with Crippen molar-refractivity contribution in [1.29, 1.82) is 5.26 Å². The number of rotatable bonds is 6. The first kappa shape index (κ1) is 13.5. The molecule has 0 aliphatic heterocycles. The van der Waals surface area contributed by atoms with E-state index in [1.807, 2.05) is 12.1 Å². The van der Waals surface area contributed by atoms with Gasteiger partial charge in [-0.05, 0) is 37.7 Å². The fourth-order valence-corrected chi connectivity index (χ4v) is 1.88. The summed E-state index contributed by atoms with van der Waals surface area (Å²) >= 11 is 0. The molecule has 17 heavy (non-hydrogen) atoms. The quantitative estimate of drug-likeness (QED) is 0.756. The normalized spacial score (nSPS) is 10.3. The molecule has 3 heteroatoms. The highest BCUT2D eigenvalue weighted by Gasteiger charge is 2.08. The Hall–Kier alpha value is -1.53. The molecule has 0 unspecified atom stereocenters. The summed E-state index contributed by atoms with van der Waals surface area (Å²) < 4.78 is 5.33. The monoisotopic (exact) mass is 232 g/mol. The first-order valence-electron chi connectivity index (χ1n) is 6.04. The van der Waals surface area contributed by atoms with Crippen LogP contribution in [0.2, 0.25) is 0 Å². The van der Waals surface area contributed by atoms with E-state index in [9.17, 15) is 0 Å². The van der Waals surface area contributed by atoms with Crippen LogP contribution in [-0.4, -0.2) is 25.1 Å². The van der Waals surface area contributed by atoms with Gasteiger partial charge in [0.15, 0.2) is 0 Å². The maximum Gasteiger partial charge on any atom is 0.123 e. The van der Waals surface area contributed by atoms with E-state index < -0.39 is 0 Å². The fraction of sp³-hybridized carbons (Fsp3) is 0.500. The van der Waals surface area contributed by atoms with Gasteiger partial charge in [-0.1, -0.05) is 13.8 Å². The van der Waals surface area contributed by atoms with Crippen molar-refractivity contribution in [2.75, 3.05) is 20.2 Å². The summed E-state index contributed by atoms with van der Waals surface area (Å²) in [6, 6.07) is 7.74. The number of methoxy groups -OCH3 is 1. The molecule has 0 aliphatic carbocycles. The van der Waals surface area contributed by atoms with Crippen LogP contribution >= 0.6 is 0 Å². The summed E-state index contributed by atoms with van der Waals surface area (Å²) in [6.45, 7) is 7.23. The lowest BCUT2D eigenvalue weighted by atomic mass is 10.1. The molecule has 0 aliphatic rings. The SMILES string of the molecule is CCCN(CC)Cc1cc(C#N)ccc1OC. The summed E-state index contributed by atoms with van der Waals surface area (Å²) in [5.74, 6) is 0.860. The Morgan fingerprint density at radius 3 is 2.65 bits per heavy atom. The summed E-state index contributed by atoms with van der Waals surface area (Å²) in [4.78, 5) is 2.35. The van der Waals surface area contributed by atoms with Gasteiger partial charge >= 0.3 is 0 Å². The number of hydrogen-bond donors (Lipinski definition) is 0. The zero-order valence-electron chi connectivity index (χ0n) is 10.9. The van der Waals surface area contributed by atoms with E-state index in [0.29, 0.717) is 5.56 Å². The van der Waals surface area contributed by atoms with Crippen molar-refractivity contribution in [1.82, 2.24) is 4.90 Å². The minimum Gasteiger partial charge on any atom is -0.496 e. The largest absolute Gasteiger partial charge is 0.496 e. The molecule has 1 rings (SSSR count). The third kappa shape index (κ3) is 3.76. The molecular formula is C14H20N2O. The topological polar surface area (TPSA) is 36.3 Å². The Morgan fingerprint density at radius 2 is 2.12 bits per heavy atom. The molecule has 0 amide bonds. The number of hydrogen-bond acceptors (Lipinski definition) is 3. The Balaban J connectivity index is 2.90. The molecule has 0 N–H and O–H groups in total. The average molecular weight is 232 g/mol. The Labute approximate surface area is 104 Å². The molecule has 1 aromatic carbocycles. The van der Waals surface area contributed by atoms with Gasteiger partial charge in [0.25, 0.3) is 0 Å². The van der Waals surface area contributed by atoms with Crippen molar-refractivity contribution in [3.8, 4) is 11.8 Å². The van der Waals surface area contributed by atoms with E-state index in [4.69, 9.17) is 10.00 Å². The predicted molar refractivity (Wildman–Crippen MR) is 69.0 cm³/mol. The van der Waals surface area contributed by atoms with Crippen LogP contribution in [0.3, 0.4) is 0 Å². The van der Waals surface area contributed by atoms with Crippen LogP contribution in [0.4, 0.5) is 0 Å². The van der Waals surface area contributed by atoms with Crippen LogP contribution < -0.4 is 4.74 Å². The summed E-state index contributed by atoms with van der Waals surface area (Å²) in [5.41, 5.74) is 1.77. The maximum atomic E-state index is 8.92. The second kappa shape index (κ2) is 6.93. The van der Waals surface area contributed by atoms with Crippen molar-refractivity contribution < 1.29 is 4.74 Å². The lowest BCUT2D eigenvalue weighted by molar-refractivity contribution is 0.275. The highest BCUT2D eigenvalue weighted by molar-refractivity contribution is 5.42. The molecule has 0 aromatic heterocycles. The van der Waals surface area contributed by atoms with Crippen molar-refractivity contribution in [3.05, 3.63) is 29.3 Å². The van der Waals surface area contributed by atoms with Gasteiger partial charge in [-0.3, -0.25) is 4.90 Å². The molecule has 92 valence electrons. The van der Waals surface area contributed by atoms with Crippen LogP contribution in [-0.2, 0) is 6.54 Å². The predicted octanol–water partition coefficient (Wildman–Crippen LogP) is 2.80. The first-order chi connectivity index (χ1) is 8.24. The molecule has 0 saturated heterocycles. The molecule has 0 saturated carbocycles. The minimum atomic E-state index is 0.688. The number of benzene rings is 1. The summed E-state index contributed by atoms with van der Waals surface area (Å²) in [6.07, 6.45) is 1.13. The van der Waals surface area contributed by atoms with Crippen LogP contribution in [0.5, 0.6) is 5.75 Å². The average Bonchev–Trinajstić information content (AvgIpc) is 2.38. The maximum absolute atomic E-state index is 8.92. The van der Waals surface area contributed by atoms with Crippen LogP contribution in [0.1, 0.15) is 31.4 Å². The molecule has 0 heterocycles. The van der Waals surface area contributed by atoms with Gasteiger partial charge in [-0.25, -0.2) is 0 Å². The van der Waals surface area contributed by atoms with E-state index in [1.165, 1.54) is 0 Å². The molecule has 1 aromatic rings. The van der Waals surface area contributed by atoms with E-state index >= 15 is 0 Å². The molecule has 0 fully saturated rings. The summed E-state index contributed by atoms with van der Waals surface area (Å²) in [7, 11) is 1.67. The minimum absolute atomic E-state index is 0.688. The van der Waals surface area contributed by atoms with Crippen molar-refractivity contribution >= 4 is 0 Å². The molecular weight excluding hydrogens is 212 g/mol. The van der Waals surface area contributed by atoms with Gasteiger partial charge < -0.3 is 4.74 Å². The van der Waals surface area contributed by atoms with Gasteiger partial charge in [-0.15, -0.1) is 0 Å². The Kier molecular flexibility index (Phi) is 5.51. The standard InChI is InChI=1S/C14H20N2O/c1-4-8-16(5-2)11-13-9-12(10-15)6-7-14(13)17-3/h6-7,9H,4-5,8,11H2,1-3H3. The van der Waals surface area contributed by atoms with Crippen LogP contribution in [0.15, 0.2) is 18.2 Å². The van der Waals surface area contributed by atoms with Gasteiger partial charge in [0.1, 0.15) is 5.75 Å². The third-order valence-corrected chi connectivity index (χ3v) is 2.79. The highest BCUT2D eigenvalue weighted by atomic mass is 16.5. The molecule has 3 nitrogen and oxygen atoms in total. The van der Waals surface area contributed by atoms with Gasteiger partial charge in [0.2, 0.25) is 0 Å².